The second-order valence-corrected chi connectivity index (χ2v) is 8.06. The highest BCUT2D eigenvalue weighted by molar-refractivity contribution is 5.86. The summed E-state index contributed by atoms with van der Waals surface area (Å²) in [6.07, 6.45) is 7.45. The Hall–Kier alpha value is -3.05. The van der Waals surface area contributed by atoms with E-state index in [1.165, 1.54) is 5.39 Å². The molecule has 0 unspecified atom stereocenters. The Kier molecular flexibility index (Phi) is 6.19. The fraction of sp³-hybridized carbons (Fsp3) is 0.320. The van der Waals surface area contributed by atoms with Crippen LogP contribution >= 0.6 is 0 Å². The van der Waals surface area contributed by atoms with Crippen molar-refractivity contribution in [2.45, 2.75) is 44.3 Å². The summed E-state index contributed by atoms with van der Waals surface area (Å²) in [5.74, 6) is 0.374. The van der Waals surface area contributed by atoms with Crippen molar-refractivity contribution in [3.8, 4) is 5.75 Å². The van der Waals surface area contributed by atoms with Gasteiger partial charge in [0.05, 0.1) is 6.04 Å². The summed E-state index contributed by atoms with van der Waals surface area (Å²) in [5, 5.41) is 14.4. The van der Waals surface area contributed by atoms with Gasteiger partial charge < -0.3 is 20.3 Å². The number of nitrogens with one attached hydrogen (secondary N) is 2. The molecule has 1 aliphatic rings. The number of aromatic hydroxyl groups is 1. The van der Waals surface area contributed by atoms with Crippen LogP contribution < -0.4 is 5.32 Å². The van der Waals surface area contributed by atoms with Gasteiger partial charge in [0, 0.05) is 36.2 Å². The van der Waals surface area contributed by atoms with Crippen LogP contribution in [-0.4, -0.2) is 39.5 Å². The SMILES string of the molecule is C=CCC[C@@H]1CCN(Cc2ccc(O)cc2)C(=O)[C@H](Cc2c[nH]c3ccccc23)N1. The molecule has 3 N–H and O–H groups in total. The number of phenols is 1. The zero-order chi connectivity index (χ0) is 20.9. The van der Waals surface area contributed by atoms with E-state index in [1.807, 2.05) is 41.4 Å². The summed E-state index contributed by atoms with van der Waals surface area (Å²) in [6.45, 7) is 5.12. The van der Waals surface area contributed by atoms with Gasteiger partial charge in [0.15, 0.2) is 0 Å². The lowest BCUT2D eigenvalue weighted by atomic mass is 10.0. The van der Waals surface area contributed by atoms with Crippen molar-refractivity contribution in [3.05, 3.63) is 78.5 Å². The molecule has 2 aromatic carbocycles. The minimum absolute atomic E-state index is 0.134. The number of fused-ring (bicyclic) bond motifs is 1. The Morgan fingerprint density at radius 3 is 2.77 bits per heavy atom. The number of para-hydroxylation sites is 1. The number of hydrogen-bond acceptors (Lipinski definition) is 3. The number of aromatic nitrogens is 1. The van der Waals surface area contributed by atoms with Gasteiger partial charge in [0.1, 0.15) is 5.75 Å². The number of carbonyl (C=O) groups excluding carboxylic acids is 1. The van der Waals surface area contributed by atoms with Gasteiger partial charge in [-0.1, -0.05) is 36.4 Å². The number of amides is 1. The predicted octanol–water partition coefficient (Wildman–Crippen LogP) is 4.14. The van der Waals surface area contributed by atoms with Crippen molar-refractivity contribution in [1.29, 1.82) is 0 Å². The van der Waals surface area contributed by atoms with Gasteiger partial charge in [0.2, 0.25) is 5.91 Å². The highest BCUT2D eigenvalue weighted by Crippen LogP contribution is 2.22. The lowest BCUT2D eigenvalue weighted by molar-refractivity contribution is -0.133. The zero-order valence-electron chi connectivity index (χ0n) is 17.2. The molecule has 0 radical (unpaired) electrons. The van der Waals surface area contributed by atoms with Crippen LogP contribution in [0.1, 0.15) is 30.4 Å². The molecule has 3 aromatic rings. The molecule has 2 heterocycles. The standard InChI is InChI=1S/C25H29N3O2/c1-2-3-6-20-13-14-28(17-18-9-11-21(29)12-10-18)25(30)24(27-20)15-19-16-26-23-8-5-4-7-22(19)23/h2,4-5,7-12,16,20,24,26-27,29H,1,3,6,13-15,17H2/t20-,24+/m1/s1. The normalized spacial score (nSPS) is 19.7. The number of aromatic amines is 1. The minimum atomic E-state index is -0.265. The van der Waals surface area contributed by atoms with Gasteiger partial charge in [-0.2, -0.15) is 0 Å². The van der Waals surface area contributed by atoms with Gasteiger partial charge in [-0.05, 0) is 55.0 Å². The van der Waals surface area contributed by atoms with Crippen LogP contribution in [0.2, 0.25) is 0 Å². The monoisotopic (exact) mass is 403 g/mol. The van der Waals surface area contributed by atoms with E-state index in [-0.39, 0.29) is 23.7 Å². The Bertz CT molecular complexity index is 1010. The van der Waals surface area contributed by atoms with E-state index in [0.29, 0.717) is 13.0 Å². The van der Waals surface area contributed by atoms with Crippen molar-refractivity contribution in [3.63, 3.8) is 0 Å². The number of phenolic OH excluding ortho intramolecular Hbond substituents is 1. The first-order valence-corrected chi connectivity index (χ1v) is 10.6. The largest absolute Gasteiger partial charge is 0.508 e. The smallest absolute Gasteiger partial charge is 0.240 e. The van der Waals surface area contributed by atoms with Crippen molar-refractivity contribution in [2.75, 3.05) is 6.54 Å². The molecule has 2 atom stereocenters. The molecule has 0 spiro atoms. The first-order valence-electron chi connectivity index (χ1n) is 10.6. The molecule has 1 aliphatic heterocycles. The zero-order valence-corrected chi connectivity index (χ0v) is 17.2. The predicted molar refractivity (Wildman–Crippen MR) is 120 cm³/mol. The molecule has 156 valence electrons. The summed E-state index contributed by atoms with van der Waals surface area (Å²) in [4.78, 5) is 18.8. The number of rotatable bonds is 7. The van der Waals surface area contributed by atoms with E-state index in [2.05, 4.69) is 29.0 Å². The van der Waals surface area contributed by atoms with E-state index < -0.39 is 0 Å². The highest BCUT2D eigenvalue weighted by Gasteiger charge is 2.31. The molecule has 1 saturated heterocycles. The molecular weight excluding hydrogens is 374 g/mol. The molecule has 30 heavy (non-hydrogen) atoms. The maximum absolute atomic E-state index is 13.5. The Balaban J connectivity index is 1.56. The fourth-order valence-corrected chi connectivity index (χ4v) is 4.27. The Labute approximate surface area is 177 Å². The highest BCUT2D eigenvalue weighted by atomic mass is 16.3. The summed E-state index contributed by atoms with van der Waals surface area (Å²) in [6, 6.07) is 15.3. The van der Waals surface area contributed by atoms with E-state index in [1.54, 1.807) is 12.1 Å². The molecule has 5 heteroatoms. The summed E-state index contributed by atoms with van der Waals surface area (Å²) in [7, 11) is 0. The maximum Gasteiger partial charge on any atom is 0.240 e. The number of benzene rings is 2. The van der Waals surface area contributed by atoms with Crippen LogP contribution in [0.5, 0.6) is 5.75 Å². The lowest BCUT2D eigenvalue weighted by Gasteiger charge is -2.25. The average molecular weight is 404 g/mol. The molecule has 1 amide bonds. The molecule has 1 aromatic heterocycles. The van der Waals surface area contributed by atoms with E-state index >= 15 is 0 Å². The van der Waals surface area contributed by atoms with Crippen LogP contribution in [0.3, 0.4) is 0 Å². The van der Waals surface area contributed by atoms with Gasteiger partial charge in [0.25, 0.3) is 0 Å². The Morgan fingerprint density at radius 1 is 1.17 bits per heavy atom. The Morgan fingerprint density at radius 2 is 1.97 bits per heavy atom. The first-order chi connectivity index (χ1) is 14.6. The number of carbonyl (C=O) groups is 1. The average Bonchev–Trinajstić information content (AvgIpc) is 3.11. The molecule has 0 saturated carbocycles. The molecular formula is C25H29N3O2. The number of nitrogens with zero attached hydrogens (tertiary/aromatic N) is 1. The summed E-state index contributed by atoms with van der Waals surface area (Å²) >= 11 is 0. The second-order valence-electron chi connectivity index (χ2n) is 8.06. The van der Waals surface area contributed by atoms with Crippen molar-refractivity contribution in [2.24, 2.45) is 0 Å². The lowest BCUT2D eigenvalue weighted by Crippen LogP contribution is -2.46. The number of hydrogen-bond donors (Lipinski definition) is 3. The van der Waals surface area contributed by atoms with Gasteiger partial charge >= 0.3 is 0 Å². The third-order valence-corrected chi connectivity index (χ3v) is 5.92. The number of H-pyrrole nitrogens is 1. The van der Waals surface area contributed by atoms with Gasteiger partial charge in [-0.15, -0.1) is 6.58 Å². The van der Waals surface area contributed by atoms with E-state index in [0.717, 1.165) is 42.5 Å². The molecule has 1 fully saturated rings. The molecule has 4 rings (SSSR count). The first kappa shape index (κ1) is 20.2. The van der Waals surface area contributed by atoms with Crippen molar-refractivity contribution >= 4 is 16.8 Å². The van der Waals surface area contributed by atoms with Gasteiger partial charge in [-0.25, -0.2) is 0 Å². The van der Waals surface area contributed by atoms with Crippen molar-refractivity contribution in [1.82, 2.24) is 15.2 Å². The summed E-state index contributed by atoms with van der Waals surface area (Å²) in [5.41, 5.74) is 3.28. The van der Waals surface area contributed by atoms with Crippen LogP contribution in [-0.2, 0) is 17.8 Å². The molecule has 0 bridgehead atoms. The topological polar surface area (TPSA) is 68.4 Å². The van der Waals surface area contributed by atoms with Crippen LogP contribution in [0.15, 0.2) is 67.4 Å². The fourth-order valence-electron chi connectivity index (χ4n) is 4.27. The molecule has 5 nitrogen and oxygen atoms in total. The van der Waals surface area contributed by atoms with E-state index in [9.17, 15) is 9.90 Å². The van der Waals surface area contributed by atoms with Crippen LogP contribution in [0.25, 0.3) is 10.9 Å². The van der Waals surface area contributed by atoms with E-state index in [4.69, 9.17) is 0 Å². The third-order valence-electron chi connectivity index (χ3n) is 5.92. The van der Waals surface area contributed by atoms with Crippen molar-refractivity contribution < 1.29 is 9.90 Å². The third kappa shape index (κ3) is 4.57. The van der Waals surface area contributed by atoms with Crippen LogP contribution in [0, 0.1) is 0 Å². The second kappa shape index (κ2) is 9.18. The quantitative estimate of drug-likeness (QED) is 0.519. The summed E-state index contributed by atoms with van der Waals surface area (Å²) < 4.78 is 0. The molecule has 0 aliphatic carbocycles. The maximum atomic E-state index is 13.5. The number of allylic oxidation sites excluding steroid dienone is 1. The van der Waals surface area contributed by atoms with Crippen LogP contribution in [0.4, 0.5) is 0 Å². The minimum Gasteiger partial charge on any atom is -0.508 e. The van der Waals surface area contributed by atoms with Gasteiger partial charge in [-0.3, -0.25) is 4.79 Å².